The molecule has 1 unspecified atom stereocenters. The van der Waals surface area contributed by atoms with Gasteiger partial charge in [-0.15, -0.1) is 0 Å². The maximum atomic E-state index is 12.2. The quantitative estimate of drug-likeness (QED) is 0.630. The first-order chi connectivity index (χ1) is 12.4. The summed E-state index contributed by atoms with van der Waals surface area (Å²) in [5, 5.41) is 11.6. The molecule has 2 aromatic rings. The lowest BCUT2D eigenvalue weighted by Crippen LogP contribution is -2.27. The number of nitrogens with one attached hydrogen (secondary N) is 2. The van der Waals surface area contributed by atoms with E-state index in [1.165, 1.54) is 19.3 Å². The van der Waals surface area contributed by atoms with Crippen LogP contribution < -0.4 is 15.6 Å². The molecule has 2 rings (SSSR count). The Kier molecular flexibility index (Phi) is 6.51. The van der Waals surface area contributed by atoms with Crippen LogP contribution in [0.25, 0.3) is 0 Å². The largest absolute Gasteiger partial charge is 0.491 e. The van der Waals surface area contributed by atoms with Gasteiger partial charge in [0.25, 0.3) is 11.5 Å². The monoisotopic (exact) mass is 360 g/mol. The molecular formula is C18H20N2O6. The summed E-state index contributed by atoms with van der Waals surface area (Å²) in [5.74, 6) is -0.726. The van der Waals surface area contributed by atoms with Gasteiger partial charge in [0.05, 0.1) is 11.7 Å². The summed E-state index contributed by atoms with van der Waals surface area (Å²) in [5.41, 5.74) is -0.0126. The number of aliphatic hydroxyl groups excluding tert-OH is 1. The van der Waals surface area contributed by atoms with Gasteiger partial charge in [-0.25, -0.2) is 4.79 Å². The second kappa shape index (κ2) is 8.82. The van der Waals surface area contributed by atoms with E-state index >= 15 is 0 Å². The van der Waals surface area contributed by atoms with Crippen LogP contribution in [0.15, 0.2) is 41.3 Å². The number of ether oxygens (including phenoxy) is 2. The Hall–Kier alpha value is -3.13. The second-order valence-electron chi connectivity index (χ2n) is 5.59. The lowest BCUT2D eigenvalue weighted by atomic mass is 10.2. The Bertz CT molecular complexity index is 844. The smallest absolute Gasteiger partial charge is 0.339 e. The van der Waals surface area contributed by atoms with Crippen LogP contribution in [0.4, 0.5) is 0 Å². The number of carbonyl (C=O) groups excluding carboxylic acids is 2. The highest BCUT2D eigenvalue weighted by atomic mass is 16.5. The number of rotatable bonds is 7. The molecule has 0 fully saturated rings. The fourth-order valence-electron chi connectivity index (χ4n) is 2.08. The van der Waals surface area contributed by atoms with Crippen molar-refractivity contribution < 1.29 is 24.2 Å². The number of aromatic nitrogens is 1. The minimum Gasteiger partial charge on any atom is -0.491 e. The number of benzene rings is 1. The molecule has 1 atom stereocenters. The number of aromatic amines is 1. The van der Waals surface area contributed by atoms with Crippen LogP contribution >= 0.6 is 0 Å². The highest BCUT2D eigenvalue weighted by Gasteiger charge is 2.14. The first-order valence-corrected chi connectivity index (χ1v) is 7.92. The molecule has 0 aliphatic carbocycles. The van der Waals surface area contributed by atoms with Crippen LogP contribution in [0, 0.1) is 0 Å². The minimum atomic E-state index is -0.679. The molecule has 26 heavy (non-hydrogen) atoms. The molecule has 8 heteroatoms. The van der Waals surface area contributed by atoms with Crippen LogP contribution in [0.2, 0.25) is 0 Å². The van der Waals surface area contributed by atoms with Gasteiger partial charge in [0.2, 0.25) is 0 Å². The predicted molar refractivity (Wildman–Crippen MR) is 93.2 cm³/mol. The van der Waals surface area contributed by atoms with Gasteiger partial charge in [0.1, 0.15) is 24.5 Å². The van der Waals surface area contributed by atoms with Crippen molar-refractivity contribution >= 4 is 11.9 Å². The number of aliphatic hydroxyl groups is 1. The Morgan fingerprint density at radius 3 is 2.77 bits per heavy atom. The fourth-order valence-corrected chi connectivity index (χ4v) is 2.08. The maximum Gasteiger partial charge on any atom is 0.339 e. The van der Waals surface area contributed by atoms with Crippen LogP contribution in [0.1, 0.15) is 33.2 Å². The van der Waals surface area contributed by atoms with Crippen molar-refractivity contribution in [1.29, 1.82) is 0 Å². The van der Waals surface area contributed by atoms with Crippen molar-refractivity contribution in [3.05, 3.63) is 63.6 Å². The van der Waals surface area contributed by atoms with E-state index in [9.17, 15) is 19.5 Å². The van der Waals surface area contributed by atoms with E-state index in [1.54, 1.807) is 31.2 Å². The molecule has 0 radical (unpaired) electrons. The Balaban J connectivity index is 2.04. The van der Waals surface area contributed by atoms with Crippen molar-refractivity contribution in [1.82, 2.24) is 10.3 Å². The summed E-state index contributed by atoms with van der Waals surface area (Å²) in [7, 11) is 1.39. The molecule has 0 saturated heterocycles. The molecule has 0 saturated carbocycles. The summed E-state index contributed by atoms with van der Waals surface area (Å²) in [6.45, 7) is 1.75. The Labute approximate surface area is 149 Å². The topological polar surface area (TPSA) is 118 Å². The van der Waals surface area contributed by atoms with Crippen molar-refractivity contribution in [3.63, 3.8) is 0 Å². The van der Waals surface area contributed by atoms with Gasteiger partial charge in [-0.2, -0.15) is 0 Å². The van der Waals surface area contributed by atoms with E-state index in [0.717, 1.165) is 0 Å². The summed E-state index contributed by atoms with van der Waals surface area (Å²) >= 11 is 0. The van der Waals surface area contributed by atoms with E-state index in [4.69, 9.17) is 9.47 Å². The molecule has 138 valence electrons. The number of esters is 1. The van der Waals surface area contributed by atoms with E-state index < -0.39 is 23.5 Å². The van der Waals surface area contributed by atoms with Crippen LogP contribution in [-0.4, -0.2) is 41.7 Å². The van der Waals surface area contributed by atoms with Crippen LogP contribution in [-0.2, 0) is 11.3 Å². The maximum absolute atomic E-state index is 12.2. The zero-order valence-corrected chi connectivity index (χ0v) is 14.4. The van der Waals surface area contributed by atoms with Crippen molar-refractivity contribution in [2.75, 3.05) is 13.7 Å². The first-order valence-electron chi connectivity index (χ1n) is 7.92. The SMILES string of the molecule is CNC(=O)c1cc(C(=O)OCc2cccc(OCC(C)O)c2)c[nH]c1=O. The summed E-state index contributed by atoms with van der Waals surface area (Å²) in [6, 6.07) is 8.10. The molecule has 8 nitrogen and oxygen atoms in total. The molecule has 1 aromatic heterocycles. The predicted octanol–water partition coefficient (Wildman–Crippen LogP) is 0.851. The molecule has 0 spiro atoms. The van der Waals surface area contributed by atoms with E-state index in [0.29, 0.717) is 11.3 Å². The third-order valence-corrected chi connectivity index (χ3v) is 3.37. The average Bonchev–Trinajstić information content (AvgIpc) is 2.64. The minimum absolute atomic E-state index is 0.0147. The summed E-state index contributed by atoms with van der Waals surface area (Å²) in [4.78, 5) is 37.7. The third-order valence-electron chi connectivity index (χ3n) is 3.37. The van der Waals surface area contributed by atoms with E-state index in [1.807, 2.05) is 0 Å². The van der Waals surface area contributed by atoms with Gasteiger partial charge >= 0.3 is 5.97 Å². The molecule has 1 amide bonds. The number of hydrogen-bond donors (Lipinski definition) is 3. The molecule has 3 N–H and O–H groups in total. The van der Waals surface area contributed by atoms with Crippen LogP contribution in [0.3, 0.4) is 0 Å². The highest BCUT2D eigenvalue weighted by molar-refractivity contribution is 5.97. The van der Waals surface area contributed by atoms with Gasteiger partial charge in [-0.05, 0) is 30.7 Å². The molecule has 1 aromatic carbocycles. The molecule has 0 aliphatic heterocycles. The molecule has 0 aliphatic rings. The number of H-pyrrole nitrogens is 1. The summed E-state index contributed by atoms with van der Waals surface area (Å²) in [6.07, 6.45) is 0.602. The van der Waals surface area contributed by atoms with Crippen molar-refractivity contribution in [3.8, 4) is 5.75 Å². The van der Waals surface area contributed by atoms with Gasteiger partial charge < -0.3 is 24.9 Å². The zero-order chi connectivity index (χ0) is 19.1. The number of pyridine rings is 1. The molecular weight excluding hydrogens is 340 g/mol. The normalized spacial score (nSPS) is 11.5. The molecule has 1 heterocycles. The van der Waals surface area contributed by atoms with Crippen LogP contribution in [0.5, 0.6) is 5.75 Å². The van der Waals surface area contributed by atoms with Gasteiger partial charge in [-0.3, -0.25) is 9.59 Å². The number of amides is 1. The summed E-state index contributed by atoms with van der Waals surface area (Å²) < 4.78 is 10.6. The van der Waals surface area contributed by atoms with Crippen molar-refractivity contribution in [2.24, 2.45) is 0 Å². The second-order valence-corrected chi connectivity index (χ2v) is 5.59. The standard InChI is InChI=1S/C18H20N2O6/c1-11(21)9-25-14-5-3-4-12(6-14)10-26-18(24)13-7-15(16(22)19-2)17(23)20-8-13/h3-8,11,21H,9-10H2,1-2H3,(H,19,22)(H,20,23). The van der Waals surface area contributed by atoms with Crippen molar-refractivity contribution in [2.45, 2.75) is 19.6 Å². The fraction of sp³-hybridized carbons (Fsp3) is 0.278. The zero-order valence-electron chi connectivity index (χ0n) is 14.4. The van der Waals surface area contributed by atoms with Gasteiger partial charge in [-0.1, -0.05) is 12.1 Å². The lowest BCUT2D eigenvalue weighted by molar-refractivity contribution is 0.0471. The number of hydrogen-bond acceptors (Lipinski definition) is 6. The average molecular weight is 360 g/mol. The number of carbonyl (C=O) groups is 2. The third kappa shape index (κ3) is 5.18. The Morgan fingerprint density at radius 1 is 1.31 bits per heavy atom. The van der Waals surface area contributed by atoms with E-state index in [-0.39, 0.29) is 24.3 Å². The lowest BCUT2D eigenvalue weighted by Gasteiger charge is -2.10. The Morgan fingerprint density at radius 2 is 2.08 bits per heavy atom. The van der Waals surface area contributed by atoms with Gasteiger partial charge in [0, 0.05) is 13.2 Å². The van der Waals surface area contributed by atoms with E-state index in [2.05, 4.69) is 10.3 Å². The first kappa shape index (κ1) is 19.2. The molecule has 0 bridgehead atoms. The van der Waals surface area contributed by atoms with Gasteiger partial charge in [0.15, 0.2) is 0 Å². The highest BCUT2D eigenvalue weighted by Crippen LogP contribution is 2.15.